The van der Waals surface area contributed by atoms with Crippen LogP contribution in [0.3, 0.4) is 0 Å². The molecule has 0 aliphatic carbocycles. The maximum atomic E-state index is 13.0. The van der Waals surface area contributed by atoms with Crippen LogP contribution in [-0.4, -0.2) is 21.8 Å². The summed E-state index contributed by atoms with van der Waals surface area (Å²) in [6.45, 7) is 0.260. The Labute approximate surface area is 150 Å². The molecule has 0 saturated heterocycles. The third kappa shape index (κ3) is 3.90. The van der Waals surface area contributed by atoms with E-state index in [1.165, 1.54) is 6.20 Å². The number of aromatic nitrogens is 2. The number of carbonyl (C=O) groups excluding carboxylic acids is 2. The molecule has 3 aromatic rings. The third-order valence-corrected chi connectivity index (χ3v) is 3.78. The predicted molar refractivity (Wildman–Crippen MR) is 97.1 cm³/mol. The minimum atomic E-state index is -0.420. The number of hydrogen-bond acceptors (Lipinski definition) is 5. The van der Waals surface area contributed by atoms with Crippen LogP contribution in [0.15, 0.2) is 73.2 Å². The molecule has 0 unspecified atom stereocenters. The summed E-state index contributed by atoms with van der Waals surface area (Å²) < 4.78 is 0. The van der Waals surface area contributed by atoms with Gasteiger partial charge in [0.25, 0.3) is 11.8 Å². The van der Waals surface area contributed by atoms with Gasteiger partial charge in [-0.05, 0) is 36.4 Å². The van der Waals surface area contributed by atoms with E-state index in [9.17, 15) is 9.59 Å². The fourth-order valence-corrected chi connectivity index (χ4v) is 2.44. The van der Waals surface area contributed by atoms with Crippen LogP contribution in [0.2, 0.25) is 0 Å². The number of nitrogens with one attached hydrogen (secondary N) is 1. The summed E-state index contributed by atoms with van der Waals surface area (Å²) in [5.41, 5.74) is 4.33. The van der Waals surface area contributed by atoms with Crippen molar-refractivity contribution in [1.29, 1.82) is 0 Å². The van der Waals surface area contributed by atoms with Crippen molar-refractivity contribution in [2.75, 3.05) is 4.90 Å². The number of para-hydroxylation sites is 1. The van der Waals surface area contributed by atoms with Crippen molar-refractivity contribution in [3.63, 3.8) is 0 Å². The molecule has 0 spiro atoms. The summed E-state index contributed by atoms with van der Waals surface area (Å²) in [5, 5.41) is 0. The zero-order chi connectivity index (χ0) is 18.4. The number of rotatable bonds is 5. The molecule has 3 rings (SSSR count). The number of nitrogen functional groups attached to an aromatic ring is 1. The van der Waals surface area contributed by atoms with Crippen molar-refractivity contribution in [2.24, 2.45) is 5.84 Å². The lowest BCUT2D eigenvalue weighted by molar-refractivity contribution is 0.0951. The minimum Gasteiger partial charge on any atom is -0.302 e. The molecule has 7 nitrogen and oxygen atoms in total. The van der Waals surface area contributed by atoms with Crippen molar-refractivity contribution >= 4 is 17.5 Å². The van der Waals surface area contributed by atoms with Gasteiger partial charge in [0, 0.05) is 29.8 Å². The molecule has 0 bridgehead atoms. The zero-order valence-corrected chi connectivity index (χ0v) is 13.9. The number of hydrogen-bond donors (Lipinski definition) is 2. The molecule has 26 heavy (non-hydrogen) atoms. The summed E-state index contributed by atoms with van der Waals surface area (Å²) in [7, 11) is 0. The lowest BCUT2D eigenvalue weighted by Crippen LogP contribution is -2.31. The van der Waals surface area contributed by atoms with Gasteiger partial charge in [-0.3, -0.25) is 25.0 Å². The molecular weight excluding hydrogens is 330 g/mol. The molecule has 0 aliphatic heterocycles. The standard InChI is InChI=1S/C19H17N5O2/c20-23-18(25)15-6-7-16(22-12-15)13-24(17-4-2-1-3-5-17)19(26)14-8-10-21-11-9-14/h1-12H,13,20H2,(H,23,25). The monoisotopic (exact) mass is 347 g/mol. The molecular formula is C19H17N5O2. The van der Waals surface area contributed by atoms with E-state index in [1.54, 1.807) is 41.6 Å². The van der Waals surface area contributed by atoms with Crippen LogP contribution in [0.25, 0.3) is 0 Å². The van der Waals surface area contributed by atoms with Crippen molar-refractivity contribution in [2.45, 2.75) is 6.54 Å². The smallest absolute Gasteiger partial charge is 0.266 e. The van der Waals surface area contributed by atoms with Gasteiger partial charge < -0.3 is 4.90 Å². The van der Waals surface area contributed by atoms with E-state index in [0.717, 1.165) is 5.69 Å². The van der Waals surface area contributed by atoms with Crippen LogP contribution in [-0.2, 0) is 6.54 Å². The number of carbonyl (C=O) groups is 2. The molecule has 0 fully saturated rings. The molecule has 2 aromatic heterocycles. The number of benzene rings is 1. The molecule has 3 N–H and O–H groups in total. The highest BCUT2D eigenvalue weighted by molar-refractivity contribution is 6.05. The van der Waals surface area contributed by atoms with Gasteiger partial charge in [0.1, 0.15) is 0 Å². The van der Waals surface area contributed by atoms with Gasteiger partial charge >= 0.3 is 0 Å². The Morgan fingerprint density at radius 3 is 2.31 bits per heavy atom. The van der Waals surface area contributed by atoms with Crippen LogP contribution < -0.4 is 16.2 Å². The Hall–Kier alpha value is -3.58. The van der Waals surface area contributed by atoms with Gasteiger partial charge in [-0.25, -0.2) is 5.84 Å². The number of nitrogens with two attached hydrogens (primary N) is 1. The maximum Gasteiger partial charge on any atom is 0.266 e. The molecule has 2 heterocycles. The Morgan fingerprint density at radius 1 is 0.962 bits per heavy atom. The largest absolute Gasteiger partial charge is 0.302 e. The fourth-order valence-electron chi connectivity index (χ4n) is 2.44. The van der Waals surface area contributed by atoms with Gasteiger partial charge in [0.15, 0.2) is 0 Å². The third-order valence-electron chi connectivity index (χ3n) is 3.78. The first-order valence-electron chi connectivity index (χ1n) is 7.92. The Morgan fingerprint density at radius 2 is 1.69 bits per heavy atom. The van der Waals surface area contributed by atoms with E-state index in [2.05, 4.69) is 15.4 Å². The lowest BCUT2D eigenvalue weighted by atomic mass is 10.2. The second-order valence-electron chi connectivity index (χ2n) is 5.47. The van der Waals surface area contributed by atoms with Crippen molar-refractivity contribution in [1.82, 2.24) is 15.4 Å². The first-order chi connectivity index (χ1) is 12.7. The zero-order valence-electron chi connectivity index (χ0n) is 13.9. The fraction of sp³-hybridized carbons (Fsp3) is 0.0526. The second-order valence-corrected chi connectivity index (χ2v) is 5.47. The topological polar surface area (TPSA) is 101 Å². The summed E-state index contributed by atoms with van der Waals surface area (Å²) in [6.07, 6.45) is 4.58. The average molecular weight is 347 g/mol. The van der Waals surface area contributed by atoms with Crippen molar-refractivity contribution in [3.05, 3.63) is 90.0 Å². The van der Waals surface area contributed by atoms with E-state index in [1.807, 2.05) is 30.3 Å². The van der Waals surface area contributed by atoms with Gasteiger partial charge in [-0.15, -0.1) is 0 Å². The van der Waals surface area contributed by atoms with Gasteiger partial charge in [0.05, 0.1) is 17.8 Å². The molecule has 130 valence electrons. The number of nitrogens with zero attached hydrogens (tertiary/aromatic N) is 3. The first-order valence-corrected chi connectivity index (χ1v) is 7.92. The highest BCUT2D eigenvalue weighted by atomic mass is 16.2. The average Bonchev–Trinajstić information content (AvgIpc) is 2.72. The summed E-state index contributed by atoms with van der Waals surface area (Å²) in [5.74, 6) is 4.54. The van der Waals surface area contributed by atoms with Crippen LogP contribution in [0.5, 0.6) is 0 Å². The highest BCUT2D eigenvalue weighted by Gasteiger charge is 2.18. The highest BCUT2D eigenvalue weighted by Crippen LogP contribution is 2.19. The van der Waals surface area contributed by atoms with Gasteiger partial charge in [-0.1, -0.05) is 18.2 Å². The molecule has 2 amide bonds. The van der Waals surface area contributed by atoms with E-state index < -0.39 is 5.91 Å². The predicted octanol–water partition coefficient (Wildman–Crippen LogP) is 1.93. The van der Waals surface area contributed by atoms with Gasteiger partial charge in [0.2, 0.25) is 0 Å². The molecule has 0 saturated carbocycles. The van der Waals surface area contributed by atoms with E-state index in [4.69, 9.17) is 5.84 Å². The molecule has 7 heteroatoms. The Bertz CT molecular complexity index is 883. The first kappa shape index (κ1) is 17.2. The minimum absolute atomic E-state index is 0.163. The van der Waals surface area contributed by atoms with E-state index in [-0.39, 0.29) is 12.5 Å². The summed E-state index contributed by atoms with van der Waals surface area (Å²) in [6, 6.07) is 16.0. The van der Waals surface area contributed by atoms with E-state index in [0.29, 0.717) is 16.8 Å². The number of pyridine rings is 2. The maximum absolute atomic E-state index is 13.0. The summed E-state index contributed by atoms with van der Waals surface area (Å²) >= 11 is 0. The summed E-state index contributed by atoms with van der Waals surface area (Å²) in [4.78, 5) is 34.3. The number of anilines is 1. The van der Waals surface area contributed by atoms with Crippen LogP contribution in [0, 0.1) is 0 Å². The van der Waals surface area contributed by atoms with Crippen molar-refractivity contribution < 1.29 is 9.59 Å². The van der Waals surface area contributed by atoms with Crippen LogP contribution >= 0.6 is 0 Å². The lowest BCUT2D eigenvalue weighted by Gasteiger charge is -2.22. The normalized spacial score (nSPS) is 10.2. The molecule has 0 atom stereocenters. The second kappa shape index (κ2) is 8.00. The van der Waals surface area contributed by atoms with Crippen LogP contribution in [0.1, 0.15) is 26.4 Å². The van der Waals surface area contributed by atoms with Crippen molar-refractivity contribution in [3.8, 4) is 0 Å². The Balaban J connectivity index is 1.89. The quantitative estimate of drug-likeness (QED) is 0.417. The number of amides is 2. The van der Waals surface area contributed by atoms with Crippen LogP contribution in [0.4, 0.5) is 5.69 Å². The van der Waals surface area contributed by atoms with E-state index >= 15 is 0 Å². The molecule has 0 aliphatic rings. The number of hydrazine groups is 1. The Kier molecular flexibility index (Phi) is 5.31. The van der Waals surface area contributed by atoms with Gasteiger partial charge in [-0.2, -0.15) is 0 Å². The molecule has 0 radical (unpaired) electrons. The molecule has 1 aromatic carbocycles. The SMILES string of the molecule is NNC(=O)c1ccc(CN(C(=O)c2ccncc2)c2ccccc2)nc1.